The fourth-order valence-corrected chi connectivity index (χ4v) is 2.38. The molecule has 0 radical (unpaired) electrons. The maximum absolute atomic E-state index is 5.39. The van der Waals surface area contributed by atoms with Gasteiger partial charge in [-0.3, -0.25) is 0 Å². The van der Waals surface area contributed by atoms with E-state index in [-0.39, 0.29) is 0 Å². The molecule has 0 amide bonds. The summed E-state index contributed by atoms with van der Waals surface area (Å²) in [5.41, 5.74) is 2.18. The highest BCUT2D eigenvalue weighted by Gasteiger charge is 2.16. The third-order valence-corrected chi connectivity index (χ3v) is 3.55. The predicted octanol–water partition coefficient (Wildman–Crippen LogP) is 2.32. The molecule has 6 nitrogen and oxygen atoms in total. The first kappa shape index (κ1) is 14.7. The molecule has 1 saturated heterocycles. The molecule has 2 aromatic rings. The van der Waals surface area contributed by atoms with Crippen molar-refractivity contribution in [1.29, 1.82) is 0 Å². The summed E-state index contributed by atoms with van der Waals surface area (Å²) in [4.78, 5) is 15.7. The van der Waals surface area contributed by atoms with E-state index in [2.05, 4.69) is 51.1 Å². The number of nitrogens with zero attached hydrogens (tertiary/aromatic N) is 4. The molecule has 1 aliphatic heterocycles. The van der Waals surface area contributed by atoms with Gasteiger partial charge in [-0.2, -0.15) is 15.0 Å². The zero-order valence-corrected chi connectivity index (χ0v) is 13.0. The summed E-state index contributed by atoms with van der Waals surface area (Å²) in [6, 6.07) is 8.17. The average Bonchev–Trinajstić information content (AvgIpc) is 2.55. The Hall–Kier alpha value is -2.21. The molecule has 0 unspecified atom stereocenters. The van der Waals surface area contributed by atoms with Crippen molar-refractivity contribution < 1.29 is 4.74 Å². The number of anilines is 3. The molecule has 0 aliphatic carbocycles. The molecule has 116 valence electrons. The lowest BCUT2D eigenvalue weighted by molar-refractivity contribution is 0.122. The van der Waals surface area contributed by atoms with Crippen molar-refractivity contribution in [3.8, 4) is 0 Å². The maximum atomic E-state index is 5.39. The summed E-state index contributed by atoms with van der Waals surface area (Å²) in [5, 5.41) is 3.28. The third kappa shape index (κ3) is 3.51. The van der Waals surface area contributed by atoms with Crippen LogP contribution in [0.3, 0.4) is 0 Å². The van der Waals surface area contributed by atoms with Crippen molar-refractivity contribution in [1.82, 2.24) is 15.0 Å². The molecule has 1 N–H and O–H groups in total. The largest absolute Gasteiger partial charge is 0.378 e. The Morgan fingerprint density at radius 1 is 1.18 bits per heavy atom. The van der Waals surface area contributed by atoms with Gasteiger partial charge in [-0.15, -0.1) is 0 Å². The SMILES string of the molecule is CCc1nc(Nc2cccc(C)c2)nc(N2CCOCC2)n1. The fraction of sp³-hybridized carbons (Fsp3) is 0.438. The molecule has 1 aromatic heterocycles. The summed E-state index contributed by atoms with van der Waals surface area (Å²) in [6.45, 7) is 7.18. The lowest BCUT2D eigenvalue weighted by Gasteiger charge is -2.27. The van der Waals surface area contributed by atoms with E-state index in [1.165, 1.54) is 5.56 Å². The van der Waals surface area contributed by atoms with Crippen LogP contribution in [0.1, 0.15) is 18.3 Å². The van der Waals surface area contributed by atoms with Gasteiger partial charge in [0.1, 0.15) is 5.82 Å². The Kier molecular flexibility index (Phi) is 4.48. The van der Waals surface area contributed by atoms with E-state index in [0.717, 1.165) is 37.0 Å². The molecule has 2 heterocycles. The molecule has 0 atom stereocenters. The van der Waals surface area contributed by atoms with E-state index >= 15 is 0 Å². The van der Waals surface area contributed by atoms with Gasteiger partial charge >= 0.3 is 0 Å². The fourth-order valence-electron chi connectivity index (χ4n) is 2.38. The van der Waals surface area contributed by atoms with E-state index in [9.17, 15) is 0 Å². The Labute approximate surface area is 130 Å². The number of aromatic nitrogens is 3. The average molecular weight is 299 g/mol. The number of ether oxygens (including phenoxy) is 1. The van der Waals surface area contributed by atoms with Gasteiger partial charge in [-0.1, -0.05) is 19.1 Å². The van der Waals surface area contributed by atoms with Crippen molar-refractivity contribution in [3.63, 3.8) is 0 Å². The Morgan fingerprint density at radius 3 is 2.73 bits per heavy atom. The van der Waals surface area contributed by atoms with Crippen LogP contribution in [0.25, 0.3) is 0 Å². The van der Waals surface area contributed by atoms with Gasteiger partial charge in [0.15, 0.2) is 0 Å². The highest BCUT2D eigenvalue weighted by Crippen LogP contribution is 2.18. The molecule has 22 heavy (non-hydrogen) atoms. The molecular formula is C16H21N5O. The third-order valence-electron chi connectivity index (χ3n) is 3.55. The minimum Gasteiger partial charge on any atom is -0.378 e. The summed E-state index contributed by atoms with van der Waals surface area (Å²) in [5.74, 6) is 2.12. The number of hydrogen-bond acceptors (Lipinski definition) is 6. The number of rotatable bonds is 4. The highest BCUT2D eigenvalue weighted by molar-refractivity contribution is 5.55. The molecular weight excluding hydrogens is 278 g/mol. The molecule has 3 rings (SSSR count). The second kappa shape index (κ2) is 6.70. The normalized spacial score (nSPS) is 14.9. The van der Waals surface area contributed by atoms with Gasteiger partial charge in [-0.05, 0) is 24.6 Å². The Balaban J connectivity index is 1.86. The van der Waals surface area contributed by atoms with Crippen LogP contribution in [0, 0.1) is 6.92 Å². The van der Waals surface area contributed by atoms with E-state index in [1.54, 1.807) is 0 Å². The molecule has 1 aliphatic rings. The monoisotopic (exact) mass is 299 g/mol. The van der Waals surface area contributed by atoms with E-state index < -0.39 is 0 Å². The lowest BCUT2D eigenvalue weighted by Crippen LogP contribution is -2.37. The highest BCUT2D eigenvalue weighted by atomic mass is 16.5. The molecule has 0 saturated carbocycles. The molecule has 1 fully saturated rings. The smallest absolute Gasteiger partial charge is 0.232 e. The number of benzene rings is 1. The van der Waals surface area contributed by atoms with Crippen LogP contribution in [0.5, 0.6) is 0 Å². The lowest BCUT2D eigenvalue weighted by atomic mass is 10.2. The molecule has 0 bridgehead atoms. The van der Waals surface area contributed by atoms with Crippen molar-refractivity contribution >= 4 is 17.6 Å². The van der Waals surface area contributed by atoms with Gasteiger partial charge in [0.05, 0.1) is 13.2 Å². The first-order valence-corrected chi connectivity index (χ1v) is 7.66. The van der Waals surface area contributed by atoms with Crippen LogP contribution in [-0.2, 0) is 11.2 Å². The molecule has 0 spiro atoms. The van der Waals surface area contributed by atoms with Gasteiger partial charge in [0.2, 0.25) is 11.9 Å². The predicted molar refractivity (Wildman–Crippen MR) is 86.7 cm³/mol. The molecule has 1 aromatic carbocycles. The van der Waals surface area contributed by atoms with Crippen molar-refractivity contribution in [2.75, 3.05) is 36.5 Å². The zero-order chi connectivity index (χ0) is 15.4. The van der Waals surface area contributed by atoms with E-state index in [1.807, 2.05) is 12.1 Å². The van der Waals surface area contributed by atoms with Gasteiger partial charge in [0, 0.05) is 25.2 Å². The summed E-state index contributed by atoms with van der Waals surface area (Å²) in [6.07, 6.45) is 0.780. The van der Waals surface area contributed by atoms with Crippen LogP contribution in [0.15, 0.2) is 24.3 Å². The first-order valence-electron chi connectivity index (χ1n) is 7.66. The maximum Gasteiger partial charge on any atom is 0.232 e. The number of aryl methyl sites for hydroxylation is 2. The minimum atomic E-state index is 0.596. The summed E-state index contributed by atoms with van der Waals surface area (Å²) >= 11 is 0. The Morgan fingerprint density at radius 2 is 2.00 bits per heavy atom. The molecule has 6 heteroatoms. The van der Waals surface area contributed by atoms with Crippen molar-refractivity contribution in [2.24, 2.45) is 0 Å². The Bertz CT molecular complexity index is 640. The quantitative estimate of drug-likeness (QED) is 0.935. The number of morpholine rings is 1. The zero-order valence-electron chi connectivity index (χ0n) is 13.0. The van der Waals surface area contributed by atoms with Crippen LogP contribution >= 0.6 is 0 Å². The van der Waals surface area contributed by atoms with Crippen LogP contribution in [0.2, 0.25) is 0 Å². The number of nitrogens with one attached hydrogen (secondary N) is 1. The van der Waals surface area contributed by atoms with E-state index in [0.29, 0.717) is 19.2 Å². The summed E-state index contributed by atoms with van der Waals surface area (Å²) in [7, 11) is 0. The second-order valence-corrected chi connectivity index (χ2v) is 5.32. The van der Waals surface area contributed by atoms with Crippen LogP contribution in [-0.4, -0.2) is 41.3 Å². The topological polar surface area (TPSA) is 63.2 Å². The number of hydrogen-bond donors (Lipinski definition) is 1. The first-order chi connectivity index (χ1) is 10.7. The van der Waals surface area contributed by atoms with Crippen LogP contribution in [0.4, 0.5) is 17.6 Å². The van der Waals surface area contributed by atoms with Crippen LogP contribution < -0.4 is 10.2 Å². The van der Waals surface area contributed by atoms with Gasteiger partial charge < -0.3 is 15.0 Å². The van der Waals surface area contributed by atoms with Crippen molar-refractivity contribution in [3.05, 3.63) is 35.7 Å². The standard InChI is InChI=1S/C16H21N5O/c1-3-14-18-15(17-13-6-4-5-12(2)11-13)20-16(19-14)21-7-9-22-10-8-21/h4-6,11H,3,7-10H2,1-2H3,(H,17,18,19,20). The van der Waals surface area contributed by atoms with E-state index in [4.69, 9.17) is 4.74 Å². The van der Waals surface area contributed by atoms with Gasteiger partial charge in [-0.25, -0.2) is 0 Å². The van der Waals surface area contributed by atoms with Crippen molar-refractivity contribution in [2.45, 2.75) is 20.3 Å². The summed E-state index contributed by atoms with van der Waals surface area (Å²) < 4.78 is 5.39. The van der Waals surface area contributed by atoms with Gasteiger partial charge in [0.25, 0.3) is 0 Å². The minimum absolute atomic E-state index is 0.596. The second-order valence-electron chi connectivity index (χ2n) is 5.32.